The van der Waals surface area contributed by atoms with Gasteiger partial charge in [0, 0.05) is 36.9 Å². The summed E-state index contributed by atoms with van der Waals surface area (Å²) in [6, 6.07) is 12.9. The van der Waals surface area contributed by atoms with Crippen LogP contribution in [0.5, 0.6) is 5.75 Å². The van der Waals surface area contributed by atoms with E-state index in [9.17, 15) is 9.90 Å². The van der Waals surface area contributed by atoms with Gasteiger partial charge in [0.1, 0.15) is 23.5 Å². The highest BCUT2D eigenvalue weighted by Crippen LogP contribution is 2.30. The number of rotatable bonds is 3. The van der Waals surface area contributed by atoms with Crippen LogP contribution in [0.3, 0.4) is 0 Å². The van der Waals surface area contributed by atoms with E-state index in [0.717, 1.165) is 40.6 Å². The number of hydrogen-bond donors (Lipinski definition) is 2. The van der Waals surface area contributed by atoms with E-state index in [1.165, 1.54) is 0 Å². The molecular weight excluding hydrogens is 390 g/mol. The summed E-state index contributed by atoms with van der Waals surface area (Å²) in [5.41, 5.74) is 1.49. The number of piperazine rings is 1. The van der Waals surface area contributed by atoms with Gasteiger partial charge in [-0.1, -0.05) is 19.1 Å². The Morgan fingerprint density at radius 3 is 2.87 bits per heavy atom. The molecule has 0 aliphatic carbocycles. The van der Waals surface area contributed by atoms with Crippen LogP contribution in [0, 0.1) is 0 Å². The van der Waals surface area contributed by atoms with E-state index in [4.69, 9.17) is 0 Å². The zero-order valence-corrected chi connectivity index (χ0v) is 17.6. The van der Waals surface area contributed by atoms with Gasteiger partial charge in [-0.05, 0) is 54.4 Å². The van der Waals surface area contributed by atoms with Crippen molar-refractivity contribution >= 4 is 33.5 Å². The van der Waals surface area contributed by atoms with Crippen LogP contribution < -0.4 is 4.90 Å². The molecule has 2 aromatic heterocycles. The minimum absolute atomic E-state index is 0.0162. The van der Waals surface area contributed by atoms with Gasteiger partial charge in [0.15, 0.2) is 0 Å². The minimum atomic E-state index is 0.0162. The number of aromatic nitrogens is 3. The summed E-state index contributed by atoms with van der Waals surface area (Å²) in [5, 5.41) is 12.5. The molecule has 7 nitrogen and oxygen atoms in total. The molecule has 7 heteroatoms. The quantitative estimate of drug-likeness (QED) is 0.529. The van der Waals surface area contributed by atoms with Gasteiger partial charge in [-0.25, -0.2) is 9.97 Å². The van der Waals surface area contributed by atoms with Crippen molar-refractivity contribution in [1.82, 2.24) is 19.9 Å². The first-order chi connectivity index (χ1) is 15.1. The summed E-state index contributed by atoms with van der Waals surface area (Å²) in [6.07, 6.45) is 4.31. The number of benzene rings is 2. The number of nitrogens with one attached hydrogen (secondary N) is 1. The molecule has 158 valence electrons. The lowest BCUT2D eigenvalue weighted by atomic mass is 9.99. The highest BCUT2D eigenvalue weighted by molar-refractivity contribution is 6.07. The highest BCUT2D eigenvalue weighted by atomic mass is 16.3. The normalized spacial score (nSPS) is 19.3. The van der Waals surface area contributed by atoms with Crippen molar-refractivity contribution in [2.45, 2.75) is 32.4 Å². The maximum absolute atomic E-state index is 13.7. The van der Waals surface area contributed by atoms with E-state index in [0.29, 0.717) is 12.1 Å². The SMILES string of the molecule is CC[C@@H]1CN(c2ncnc3[nH]ccc23)C[C@@H](C)N1C(=O)c1cccc2cc(O)ccc12. The molecule has 2 atom stereocenters. The second-order valence-electron chi connectivity index (χ2n) is 8.18. The molecule has 1 fully saturated rings. The average Bonchev–Trinajstić information content (AvgIpc) is 3.26. The molecule has 0 spiro atoms. The summed E-state index contributed by atoms with van der Waals surface area (Å²) >= 11 is 0. The van der Waals surface area contributed by atoms with Crippen LogP contribution in [-0.2, 0) is 0 Å². The summed E-state index contributed by atoms with van der Waals surface area (Å²) in [4.78, 5) is 30.0. The second kappa shape index (κ2) is 7.58. The maximum Gasteiger partial charge on any atom is 0.255 e. The molecule has 1 saturated heterocycles. The molecule has 1 amide bonds. The lowest BCUT2D eigenvalue weighted by molar-refractivity contribution is 0.0546. The fourth-order valence-electron chi connectivity index (χ4n) is 4.76. The van der Waals surface area contributed by atoms with E-state index in [1.54, 1.807) is 18.5 Å². The van der Waals surface area contributed by atoms with Crippen LogP contribution in [-0.4, -0.2) is 56.0 Å². The average molecular weight is 415 g/mol. The molecule has 0 radical (unpaired) electrons. The third-order valence-corrected chi connectivity index (χ3v) is 6.22. The molecule has 1 aliphatic rings. The first-order valence-corrected chi connectivity index (χ1v) is 10.6. The van der Waals surface area contributed by atoms with Crippen molar-refractivity contribution in [1.29, 1.82) is 0 Å². The number of anilines is 1. The number of hydrogen-bond acceptors (Lipinski definition) is 5. The van der Waals surface area contributed by atoms with Gasteiger partial charge in [-0.15, -0.1) is 0 Å². The topological polar surface area (TPSA) is 85.4 Å². The number of aromatic amines is 1. The number of fused-ring (bicyclic) bond motifs is 2. The lowest BCUT2D eigenvalue weighted by Gasteiger charge is -2.46. The maximum atomic E-state index is 13.7. The third-order valence-electron chi connectivity index (χ3n) is 6.22. The van der Waals surface area contributed by atoms with Gasteiger partial charge in [-0.3, -0.25) is 4.79 Å². The smallest absolute Gasteiger partial charge is 0.255 e. The highest BCUT2D eigenvalue weighted by Gasteiger charge is 2.36. The number of H-pyrrole nitrogens is 1. The Bertz CT molecular complexity index is 1270. The Labute approximate surface area is 180 Å². The van der Waals surface area contributed by atoms with Crippen LogP contribution in [0.15, 0.2) is 55.0 Å². The molecule has 2 aromatic carbocycles. The lowest BCUT2D eigenvalue weighted by Crippen LogP contribution is -2.59. The van der Waals surface area contributed by atoms with Crippen molar-refractivity contribution in [3.05, 3.63) is 60.6 Å². The standard InChI is InChI=1S/C24H25N5O2/c1-3-17-13-28(23-21-9-10-25-22(21)26-14-27-23)12-15(2)29(17)24(31)20-6-4-5-16-11-18(30)7-8-19(16)20/h4-11,14-15,17,30H,3,12-13H2,1-2H3,(H,25,26,27)/t15-,17-/m1/s1. The monoisotopic (exact) mass is 415 g/mol. The first-order valence-electron chi connectivity index (χ1n) is 10.6. The van der Waals surface area contributed by atoms with E-state index in [-0.39, 0.29) is 23.7 Å². The molecule has 0 bridgehead atoms. The Morgan fingerprint density at radius 2 is 2.03 bits per heavy atom. The number of carbonyl (C=O) groups excluding carboxylic acids is 1. The first kappa shape index (κ1) is 19.4. The Morgan fingerprint density at radius 1 is 1.16 bits per heavy atom. The van der Waals surface area contributed by atoms with Crippen LogP contribution >= 0.6 is 0 Å². The predicted octanol–water partition coefficient (Wildman–Crippen LogP) is 3.95. The third kappa shape index (κ3) is 3.26. The molecule has 31 heavy (non-hydrogen) atoms. The van der Waals surface area contributed by atoms with Crippen LogP contribution in [0.1, 0.15) is 30.6 Å². The van der Waals surface area contributed by atoms with Crippen molar-refractivity contribution in [3.8, 4) is 5.75 Å². The molecule has 4 aromatic rings. The number of phenolic OH excluding ortho intramolecular Hbond substituents is 1. The summed E-state index contributed by atoms with van der Waals surface area (Å²) in [7, 11) is 0. The summed E-state index contributed by atoms with van der Waals surface area (Å²) in [6.45, 7) is 5.63. The zero-order valence-electron chi connectivity index (χ0n) is 17.6. The van der Waals surface area contributed by atoms with Gasteiger partial charge in [0.2, 0.25) is 0 Å². The molecule has 0 saturated carbocycles. The Kier molecular flexibility index (Phi) is 4.73. The van der Waals surface area contributed by atoms with Crippen molar-refractivity contribution in [3.63, 3.8) is 0 Å². The fourth-order valence-corrected chi connectivity index (χ4v) is 4.76. The Hall–Kier alpha value is -3.61. The van der Waals surface area contributed by atoms with Crippen LogP contribution in [0.25, 0.3) is 21.8 Å². The predicted molar refractivity (Wildman–Crippen MR) is 121 cm³/mol. The summed E-state index contributed by atoms with van der Waals surface area (Å²) in [5.74, 6) is 1.14. The molecule has 0 unspecified atom stereocenters. The van der Waals surface area contributed by atoms with E-state index in [1.807, 2.05) is 41.4 Å². The second-order valence-corrected chi connectivity index (χ2v) is 8.18. The number of carbonyl (C=O) groups is 1. The number of amides is 1. The van der Waals surface area contributed by atoms with Gasteiger partial charge in [0.05, 0.1) is 5.39 Å². The Balaban J connectivity index is 1.49. The van der Waals surface area contributed by atoms with Crippen LogP contribution in [0.2, 0.25) is 0 Å². The van der Waals surface area contributed by atoms with Gasteiger partial charge < -0.3 is 19.9 Å². The molecule has 3 heterocycles. The molecule has 1 aliphatic heterocycles. The molecule has 2 N–H and O–H groups in total. The van der Waals surface area contributed by atoms with Crippen LogP contribution in [0.4, 0.5) is 5.82 Å². The number of aromatic hydroxyl groups is 1. The fraction of sp³-hybridized carbons (Fsp3) is 0.292. The van der Waals surface area contributed by atoms with E-state index >= 15 is 0 Å². The zero-order chi connectivity index (χ0) is 21.5. The largest absolute Gasteiger partial charge is 0.508 e. The minimum Gasteiger partial charge on any atom is -0.508 e. The molecule has 5 rings (SSSR count). The van der Waals surface area contributed by atoms with Gasteiger partial charge >= 0.3 is 0 Å². The van der Waals surface area contributed by atoms with Crippen molar-refractivity contribution < 1.29 is 9.90 Å². The van der Waals surface area contributed by atoms with E-state index in [2.05, 4.69) is 33.7 Å². The van der Waals surface area contributed by atoms with Gasteiger partial charge in [0.25, 0.3) is 5.91 Å². The van der Waals surface area contributed by atoms with Crippen molar-refractivity contribution in [2.24, 2.45) is 0 Å². The number of phenols is 1. The van der Waals surface area contributed by atoms with E-state index < -0.39 is 0 Å². The van der Waals surface area contributed by atoms with Crippen molar-refractivity contribution in [2.75, 3.05) is 18.0 Å². The summed E-state index contributed by atoms with van der Waals surface area (Å²) < 4.78 is 0. The number of nitrogens with zero attached hydrogens (tertiary/aromatic N) is 4. The molecular formula is C24H25N5O2. The van der Waals surface area contributed by atoms with Gasteiger partial charge in [-0.2, -0.15) is 0 Å².